The number of sulfone groups is 1. The third-order valence-electron chi connectivity index (χ3n) is 2.90. The van der Waals surface area contributed by atoms with Crippen molar-refractivity contribution in [2.24, 2.45) is 0 Å². The Hall–Kier alpha value is -1.95. The van der Waals surface area contributed by atoms with Crippen LogP contribution in [0.2, 0.25) is 0 Å². The first-order chi connectivity index (χ1) is 9.28. The number of hydrogen-bond donors (Lipinski definition) is 1. The van der Waals surface area contributed by atoms with Gasteiger partial charge in [0.1, 0.15) is 11.6 Å². The van der Waals surface area contributed by atoms with E-state index in [9.17, 15) is 17.2 Å². The molecule has 0 bridgehead atoms. The van der Waals surface area contributed by atoms with Gasteiger partial charge in [-0.2, -0.15) is 0 Å². The molecule has 0 atom stereocenters. The van der Waals surface area contributed by atoms with Crippen molar-refractivity contribution in [3.05, 3.63) is 59.2 Å². The van der Waals surface area contributed by atoms with Gasteiger partial charge in [0.05, 0.1) is 10.6 Å². The van der Waals surface area contributed by atoms with E-state index in [0.717, 1.165) is 12.1 Å². The summed E-state index contributed by atoms with van der Waals surface area (Å²) in [5, 5.41) is 0. The summed E-state index contributed by atoms with van der Waals surface area (Å²) in [5.74, 6) is -1.47. The Morgan fingerprint density at radius 2 is 1.75 bits per heavy atom. The third-order valence-corrected chi connectivity index (χ3v) is 4.55. The molecule has 2 aromatic carbocycles. The normalized spacial score (nSPS) is 11.6. The van der Waals surface area contributed by atoms with Gasteiger partial charge in [-0.05, 0) is 48.4 Å². The largest absolute Gasteiger partial charge is 0.399 e. The van der Waals surface area contributed by atoms with Crippen LogP contribution in [0.15, 0.2) is 41.3 Å². The fourth-order valence-electron chi connectivity index (χ4n) is 1.87. The number of benzene rings is 2. The molecule has 0 aliphatic rings. The predicted octanol–water partition coefficient (Wildman–Crippen LogP) is 2.83. The van der Waals surface area contributed by atoms with Crippen LogP contribution in [0.1, 0.15) is 11.1 Å². The van der Waals surface area contributed by atoms with Gasteiger partial charge in [0, 0.05) is 5.69 Å². The standard InChI is InChI=1S/C14H13F2NO2S/c1-9-4-11(15)3-2-10(9)8-20(18,19)14-6-12(16)5-13(17)7-14/h2-7H,8,17H2,1H3. The maximum Gasteiger partial charge on any atom is 0.182 e. The molecule has 106 valence electrons. The zero-order chi connectivity index (χ0) is 14.9. The lowest BCUT2D eigenvalue weighted by Crippen LogP contribution is -2.07. The molecular weight excluding hydrogens is 284 g/mol. The number of nitrogen functional groups attached to an aromatic ring is 1. The first-order valence-corrected chi connectivity index (χ1v) is 7.47. The Kier molecular flexibility index (Phi) is 3.76. The molecule has 0 fully saturated rings. The van der Waals surface area contributed by atoms with E-state index in [1.54, 1.807) is 6.92 Å². The molecule has 0 heterocycles. The lowest BCUT2D eigenvalue weighted by molar-refractivity contribution is 0.589. The average Bonchev–Trinajstić information content (AvgIpc) is 2.31. The quantitative estimate of drug-likeness (QED) is 0.886. The van der Waals surface area contributed by atoms with Crippen LogP contribution in [0.5, 0.6) is 0 Å². The second-order valence-electron chi connectivity index (χ2n) is 4.55. The molecule has 2 rings (SSSR count). The molecule has 0 aliphatic carbocycles. The zero-order valence-electron chi connectivity index (χ0n) is 10.7. The molecule has 0 saturated carbocycles. The van der Waals surface area contributed by atoms with E-state index < -0.39 is 21.5 Å². The van der Waals surface area contributed by atoms with Gasteiger partial charge >= 0.3 is 0 Å². The smallest absolute Gasteiger partial charge is 0.182 e. The minimum atomic E-state index is -3.74. The molecule has 2 aromatic rings. The molecule has 0 amide bonds. The van der Waals surface area contributed by atoms with Crippen LogP contribution < -0.4 is 5.73 Å². The van der Waals surface area contributed by atoms with Crippen molar-refractivity contribution in [2.45, 2.75) is 17.6 Å². The minimum absolute atomic E-state index is 0.0411. The Morgan fingerprint density at radius 3 is 2.35 bits per heavy atom. The molecule has 0 radical (unpaired) electrons. The molecule has 20 heavy (non-hydrogen) atoms. The lowest BCUT2D eigenvalue weighted by Gasteiger charge is -2.08. The first-order valence-electron chi connectivity index (χ1n) is 5.82. The molecule has 0 aromatic heterocycles. The van der Waals surface area contributed by atoms with Crippen molar-refractivity contribution in [1.82, 2.24) is 0 Å². The van der Waals surface area contributed by atoms with Gasteiger partial charge in [-0.25, -0.2) is 17.2 Å². The Balaban J connectivity index is 2.40. The Bertz CT molecular complexity index is 738. The molecule has 0 unspecified atom stereocenters. The fraction of sp³-hybridized carbons (Fsp3) is 0.143. The van der Waals surface area contributed by atoms with E-state index in [4.69, 9.17) is 5.73 Å². The van der Waals surface area contributed by atoms with E-state index in [1.807, 2.05) is 0 Å². The van der Waals surface area contributed by atoms with Crippen molar-refractivity contribution in [3.63, 3.8) is 0 Å². The van der Waals surface area contributed by atoms with Crippen molar-refractivity contribution in [3.8, 4) is 0 Å². The lowest BCUT2D eigenvalue weighted by atomic mass is 10.1. The molecule has 3 nitrogen and oxygen atoms in total. The van der Waals surface area contributed by atoms with Gasteiger partial charge < -0.3 is 5.73 Å². The second kappa shape index (κ2) is 5.20. The predicted molar refractivity (Wildman–Crippen MR) is 72.8 cm³/mol. The number of aryl methyl sites for hydroxylation is 1. The van der Waals surface area contributed by atoms with Crippen molar-refractivity contribution < 1.29 is 17.2 Å². The molecule has 0 spiro atoms. The summed E-state index contributed by atoms with van der Waals surface area (Å²) in [6, 6.07) is 7.03. The van der Waals surface area contributed by atoms with Gasteiger partial charge in [-0.15, -0.1) is 0 Å². The summed E-state index contributed by atoms with van der Waals surface area (Å²) in [6.07, 6.45) is 0. The van der Waals surface area contributed by atoms with E-state index in [0.29, 0.717) is 11.1 Å². The highest BCUT2D eigenvalue weighted by Gasteiger charge is 2.18. The number of hydrogen-bond acceptors (Lipinski definition) is 3. The highest BCUT2D eigenvalue weighted by atomic mass is 32.2. The van der Waals surface area contributed by atoms with Crippen LogP contribution in [0.25, 0.3) is 0 Å². The van der Waals surface area contributed by atoms with Crippen LogP contribution in [0, 0.1) is 18.6 Å². The van der Waals surface area contributed by atoms with Crippen LogP contribution in [0.4, 0.5) is 14.5 Å². The number of nitrogens with two attached hydrogens (primary N) is 1. The average molecular weight is 297 g/mol. The third kappa shape index (κ3) is 3.14. The molecule has 0 aliphatic heterocycles. The molecule has 6 heteroatoms. The van der Waals surface area contributed by atoms with E-state index >= 15 is 0 Å². The monoisotopic (exact) mass is 297 g/mol. The van der Waals surface area contributed by atoms with E-state index in [2.05, 4.69) is 0 Å². The summed E-state index contributed by atoms with van der Waals surface area (Å²) in [7, 11) is -3.74. The summed E-state index contributed by atoms with van der Waals surface area (Å²) in [4.78, 5) is -0.182. The van der Waals surface area contributed by atoms with Crippen molar-refractivity contribution in [1.29, 1.82) is 0 Å². The molecular formula is C14H13F2NO2S. The topological polar surface area (TPSA) is 60.2 Å². The fourth-order valence-corrected chi connectivity index (χ4v) is 3.38. The SMILES string of the molecule is Cc1cc(F)ccc1CS(=O)(=O)c1cc(N)cc(F)c1. The highest BCUT2D eigenvalue weighted by molar-refractivity contribution is 7.90. The van der Waals surface area contributed by atoms with Gasteiger partial charge in [-0.1, -0.05) is 6.07 Å². The van der Waals surface area contributed by atoms with Crippen LogP contribution >= 0.6 is 0 Å². The highest BCUT2D eigenvalue weighted by Crippen LogP contribution is 2.22. The summed E-state index contributed by atoms with van der Waals surface area (Å²) < 4.78 is 50.7. The number of rotatable bonds is 3. The van der Waals surface area contributed by atoms with Crippen LogP contribution in [0.3, 0.4) is 0 Å². The van der Waals surface area contributed by atoms with Crippen LogP contribution in [-0.4, -0.2) is 8.42 Å². The zero-order valence-corrected chi connectivity index (χ0v) is 11.5. The molecule has 2 N–H and O–H groups in total. The Labute approximate surface area is 116 Å². The van der Waals surface area contributed by atoms with Gasteiger partial charge in [-0.3, -0.25) is 0 Å². The minimum Gasteiger partial charge on any atom is -0.399 e. The molecule has 0 saturated heterocycles. The first kappa shape index (κ1) is 14.5. The maximum atomic E-state index is 13.2. The Morgan fingerprint density at radius 1 is 1.05 bits per heavy atom. The van der Waals surface area contributed by atoms with Gasteiger partial charge in [0.25, 0.3) is 0 Å². The van der Waals surface area contributed by atoms with Gasteiger partial charge in [0.15, 0.2) is 9.84 Å². The number of halogens is 2. The maximum absolute atomic E-state index is 13.2. The number of anilines is 1. The van der Waals surface area contributed by atoms with Gasteiger partial charge in [0.2, 0.25) is 0 Å². The van der Waals surface area contributed by atoms with Crippen molar-refractivity contribution >= 4 is 15.5 Å². The second-order valence-corrected chi connectivity index (χ2v) is 6.54. The van der Waals surface area contributed by atoms with Crippen molar-refractivity contribution in [2.75, 3.05) is 5.73 Å². The van der Waals surface area contributed by atoms with E-state index in [-0.39, 0.29) is 16.3 Å². The summed E-state index contributed by atoms with van der Waals surface area (Å²) in [5.41, 5.74) is 6.48. The summed E-state index contributed by atoms with van der Waals surface area (Å²) in [6.45, 7) is 1.62. The van der Waals surface area contributed by atoms with E-state index in [1.165, 1.54) is 24.3 Å². The van der Waals surface area contributed by atoms with Crippen LogP contribution in [-0.2, 0) is 15.6 Å². The summed E-state index contributed by atoms with van der Waals surface area (Å²) >= 11 is 0.